The van der Waals surface area contributed by atoms with E-state index in [4.69, 9.17) is 13.9 Å². The third kappa shape index (κ3) is 2.00. The van der Waals surface area contributed by atoms with Gasteiger partial charge in [-0.15, -0.1) is 0 Å². The van der Waals surface area contributed by atoms with Crippen LogP contribution in [0.1, 0.15) is 36.8 Å². The van der Waals surface area contributed by atoms with Gasteiger partial charge in [0.2, 0.25) is 0 Å². The Kier molecular flexibility index (Phi) is 2.82. The Labute approximate surface area is 149 Å². The van der Waals surface area contributed by atoms with E-state index in [0.717, 1.165) is 5.39 Å². The maximum atomic E-state index is 11.2. The van der Waals surface area contributed by atoms with Gasteiger partial charge in [-0.25, -0.2) is 0 Å². The number of furan rings is 1. The quantitative estimate of drug-likeness (QED) is 0.622. The SMILES string of the molecule is CC(C)(O)c1cc2cc3c(cc2o1)OCC1(O)c2ccc(O)cc2OC31. The monoisotopic (exact) mass is 354 g/mol. The van der Waals surface area contributed by atoms with Crippen molar-refractivity contribution in [1.82, 2.24) is 0 Å². The van der Waals surface area contributed by atoms with Crippen LogP contribution in [0.15, 0.2) is 40.8 Å². The second kappa shape index (κ2) is 4.72. The summed E-state index contributed by atoms with van der Waals surface area (Å²) in [5.74, 6) is 1.54. The second-order valence-electron chi connectivity index (χ2n) is 7.49. The third-order valence-electron chi connectivity index (χ3n) is 5.09. The molecular weight excluding hydrogens is 336 g/mol. The molecule has 3 heterocycles. The number of phenols is 1. The number of aromatic hydroxyl groups is 1. The van der Waals surface area contributed by atoms with Gasteiger partial charge in [-0.3, -0.25) is 0 Å². The van der Waals surface area contributed by atoms with E-state index < -0.39 is 17.3 Å². The molecule has 2 aromatic carbocycles. The topological polar surface area (TPSA) is 92.3 Å². The zero-order valence-electron chi connectivity index (χ0n) is 14.3. The average Bonchev–Trinajstić information content (AvgIpc) is 3.11. The highest BCUT2D eigenvalue weighted by Crippen LogP contribution is 2.54. The predicted molar refractivity (Wildman–Crippen MR) is 92.3 cm³/mol. The third-order valence-corrected chi connectivity index (χ3v) is 5.09. The molecule has 0 bridgehead atoms. The van der Waals surface area contributed by atoms with Gasteiger partial charge in [-0.2, -0.15) is 0 Å². The first-order valence-corrected chi connectivity index (χ1v) is 8.41. The maximum Gasteiger partial charge on any atom is 0.168 e. The van der Waals surface area contributed by atoms with Crippen LogP contribution in [0.4, 0.5) is 0 Å². The molecule has 2 atom stereocenters. The van der Waals surface area contributed by atoms with Gasteiger partial charge in [0.25, 0.3) is 0 Å². The lowest BCUT2D eigenvalue weighted by Crippen LogP contribution is -2.41. The summed E-state index contributed by atoms with van der Waals surface area (Å²) in [5.41, 5.74) is -0.537. The molecule has 2 unspecified atom stereocenters. The minimum Gasteiger partial charge on any atom is -0.508 e. The Bertz CT molecular complexity index is 1040. The van der Waals surface area contributed by atoms with Crippen molar-refractivity contribution in [2.24, 2.45) is 0 Å². The number of fused-ring (bicyclic) bond motifs is 6. The normalized spacial score (nSPS) is 23.8. The number of hydrogen-bond acceptors (Lipinski definition) is 6. The first kappa shape index (κ1) is 15.5. The van der Waals surface area contributed by atoms with E-state index >= 15 is 0 Å². The van der Waals surface area contributed by atoms with E-state index in [1.165, 1.54) is 12.1 Å². The zero-order valence-corrected chi connectivity index (χ0v) is 14.3. The maximum absolute atomic E-state index is 11.2. The number of rotatable bonds is 1. The van der Waals surface area contributed by atoms with Gasteiger partial charge in [0.15, 0.2) is 11.7 Å². The van der Waals surface area contributed by atoms with Crippen molar-refractivity contribution in [2.75, 3.05) is 6.61 Å². The molecule has 5 rings (SSSR count). The minimum absolute atomic E-state index is 0.0347. The van der Waals surface area contributed by atoms with Crippen LogP contribution in [0, 0.1) is 0 Å². The summed E-state index contributed by atoms with van der Waals surface area (Å²) in [7, 11) is 0. The van der Waals surface area contributed by atoms with Crippen molar-refractivity contribution in [3.8, 4) is 17.2 Å². The van der Waals surface area contributed by atoms with Crippen LogP contribution in [-0.4, -0.2) is 21.9 Å². The van der Waals surface area contributed by atoms with E-state index in [1.54, 1.807) is 32.0 Å². The Balaban J connectivity index is 1.66. The van der Waals surface area contributed by atoms with Gasteiger partial charge in [0.05, 0.1) is 0 Å². The number of phenolic OH excluding ortho intramolecular Hbond substituents is 1. The molecule has 0 aliphatic carbocycles. The van der Waals surface area contributed by atoms with Crippen molar-refractivity contribution in [2.45, 2.75) is 31.2 Å². The first-order chi connectivity index (χ1) is 12.3. The fourth-order valence-corrected chi connectivity index (χ4v) is 3.71. The predicted octanol–water partition coefficient (Wildman–Crippen LogP) is 3.08. The van der Waals surface area contributed by atoms with Crippen LogP contribution >= 0.6 is 0 Å². The highest BCUT2D eigenvalue weighted by atomic mass is 16.5. The number of benzene rings is 2. The van der Waals surface area contributed by atoms with Crippen molar-refractivity contribution in [1.29, 1.82) is 0 Å². The summed E-state index contributed by atoms with van der Waals surface area (Å²) in [6, 6.07) is 10.0. The average molecular weight is 354 g/mol. The molecule has 0 spiro atoms. The standard InChI is InChI=1S/C20H18O6/c1-19(2,22)17-6-10-5-12-15(8-14(10)25-17)24-9-20(23)13-4-3-11(21)7-16(13)26-18(12)20/h3-8,18,21-23H,9H2,1-2H3. The largest absolute Gasteiger partial charge is 0.508 e. The molecule has 6 heteroatoms. The molecule has 1 aromatic heterocycles. The van der Waals surface area contributed by atoms with Gasteiger partial charge < -0.3 is 29.2 Å². The molecule has 2 aliphatic heterocycles. The number of ether oxygens (including phenoxy) is 2. The molecule has 3 aromatic rings. The van der Waals surface area contributed by atoms with E-state index in [1.807, 2.05) is 6.07 Å². The van der Waals surface area contributed by atoms with Crippen molar-refractivity contribution in [3.63, 3.8) is 0 Å². The smallest absolute Gasteiger partial charge is 0.168 e. The summed E-state index contributed by atoms with van der Waals surface area (Å²) in [6.07, 6.45) is -0.645. The zero-order chi connectivity index (χ0) is 18.3. The van der Waals surface area contributed by atoms with Crippen LogP contribution in [0.2, 0.25) is 0 Å². The molecule has 0 amide bonds. The molecule has 26 heavy (non-hydrogen) atoms. The van der Waals surface area contributed by atoms with Crippen molar-refractivity contribution < 1.29 is 29.2 Å². The fourth-order valence-electron chi connectivity index (χ4n) is 3.71. The summed E-state index contributed by atoms with van der Waals surface area (Å²) < 4.78 is 17.5. The first-order valence-electron chi connectivity index (χ1n) is 8.41. The second-order valence-corrected chi connectivity index (χ2v) is 7.49. The fraction of sp³-hybridized carbons (Fsp3) is 0.300. The van der Waals surface area contributed by atoms with Gasteiger partial charge in [-0.1, -0.05) is 0 Å². The summed E-state index contributed by atoms with van der Waals surface area (Å²) in [6.45, 7) is 3.35. The Morgan fingerprint density at radius 2 is 1.92 bits per heavy atom. The summed E-state index contributed by atoms with van der Waals surface area (Å²) in [4.78, 5) is 0. The number of hydrogen-bond donors (Lipinski definition) is 3. The van der Waals surface area contributed by atoms with Crippen LogP contribution in [0.3, 0.4) is 0 Å². The van der Waals surface area contributed by atoms with Crippen LogP contribution < -0.4 is 9.47 Å². The lowest BCUT2D eigenvalue weighted by Gasteiger charge is -2.34. The van der Waals surface area contributed by atoms with E-state index in [-0.39, 0.29) is 12.4 Å². The Morgan fingerprint density at radius 1 is 1.12 bits per heavy atom. The Morgan fingerprint density at radius 3 is 2.69 bits per heavy atom. The molecule has 0 fully saturated rings. The molecule has 3 N–H and O–H groups in total. The van der Waals surface area contributed by atoms with E-state index in [0.29, 0.717) is 34.0 Å². The van der Waals surface area contributed by atoms with Gasteiger partial charge in [0, 0.05) is 28.6 Å². The minimum atomic E-state index is -1.33. The molecular formula is C20H18O6. The van der Waals surface area contributed by atoms with Crippen molar-refractivity contribution >= 4 is 11.0 Å². The van der Waals surface area contributed by atoms with E-state index in [9.17, 15) is 15.3 Å². The summed E-state index contributed by atoms with van der Waals surface area (Å²) >= 11 is 0. The highest BCUT2D eigenvalue weighted by Gasteiger charge is 2.53. The Hall–Kier alpha value is -2.70. The summed E-state index contributed by atoms with van der Waals surface area (Å²) in [5, 5.41) is 31.9. The van der Waals surface area contributed by atoms with Gasteiger partial charge >= 0.3 is 0 Å². The highest BCUT2D eigenvalue weighted by molar-refractivity contribution is 5.81. The lowest BCUT2D eigenvalue weighted by molar-refractivity contribution is -0.0862. The van der Waals surface area contributed by atoms with Gasteiger partial charge in [-0.05, 0) is 38.1 Å². The van der Waals surface area contributed by atoms with Gasteiger partial charge in [0.1, 0.15) is 40.8 Å². The molecule has 0 saturated carbocycles. The number of aliphatic hydroxyl groups is 2. The molecule has 0 radical (unpaired) electrons. The lowest BCUT2D eigenvalue weighted by atomic mass is 9.84. The van der Waals surface area contributed by atoms with Crippen LogP contribution in [0.5, 0.6) is 17.2 Å². The van der Waals surface area contributed by atoms with Crippen LogP contribution in [-0.2, 0) is 11.2 Å². The molecule has 134 valence electrons. The molecule has 0 saturated heterocycles. The molecule has 2 aliphatic rings. The van der Waals surface area contributed by atoms with Crippen molar-refractivity contribution in [3.05, 3.63) is 53.3 Å². The molecule has 6 nitrogen and oxygen atoms in total. The van der Waals surface area contributed by atoms with Crippen LogP contribution in [0.25, 0.3) is 11.0 Å². The van der Waals surface area contributed by atoms with E-state index in [2.05, 4.69) is 0 Å².